The fourth-order valence-electron chi connectivity index (χ4n) is 0.808. The molecule has 1 heteroatoms. The average molecular weight is 133 g/mol. The second kappa shape index (κ2) is 2.33. The molecular weight excluding hydrogens is 124 g/mol. The molecule has 1 nitrogen and oxygen atoms in total. The molecule has 2 rings (SSSR count). The van der Waals surface area contributed by atoms with Gasteiger partial charge in [-0.15, -0.1) is 0 Å². The molecule has 10 heavy (non-hydrogen) atoms. The maximum atomic E-state index is 5.44. The van der Waals surface area contributed by atoms with E-state index in [0.717, 1.165) is 18.6 Å². The Kier molecular flexibility index (Phi) is 1.35. The molecule has 0 aromatic heterocycles. The smallest absolute Gasteiger partial charge is 0.149 e. The van der Waals surface area contributed by atoms with Gasteiger partial charge in [-0.3, -0.25) is 0 Å². The second-order valence-corrected chi connectivity index (χ2v) is 2.45. The van der Waals surface area contributed by atoms with Crippen LogP contribution in [0.1, 0.15) is 12.8 Å². The van der Waals surface area contributed by atoms with Crippen molar-refractivity contribution in [2.75, 3.05) is 0 Å². The van der Waals surface area contributed by atoms with Crippen LogP contribution in [0.4, 0.5) is 0 Å². The fraction of sp³-hybridized carbons (Fsp3) is 0.222. The fourth-order valence-corrected chi connectivity index (χ4v) is 0.808. The molecule has 0 amide bonds. The van der Waals surface area contributed by atoms with Crippen molar-refractivity contribution < 1.29 is 4.74 Å². The lowest BCUT2D eigenvalue weighted by atomic mass is 10.3. The highest BCUT2D eigenvalue weighted by Crippen LogP contribution is 2.33. The predicted molar refractivity (Wildman–Crippen MR) is 39.5 cm³/mol. The van der Waals surface area contributed by atoms with Gasteiger partial charge >= 0.3 is 0 Å². The number of rotatable bonds is 2. The molecule has 0 unspecified atom stereocenters. The number of ether oxygens (including phenoxy) is 1. The summed E-state index contributed by atoms with van der Waals surface area (Å²) in [5.41, 5.74) is 0. The average Bonchev–Trinajstić information content (AvgIpc) is 2.74. The normalized spacial score (nSPS) is 16.8. The van der Waals surface area contributed by atoms with E-state index in [1.165, 1.54) is 6.10 Å². The van der Waals surface area contributed by atoms with Crippen LogP contribution >= 0.6 is 0 Å². The van der Waals surface area contributed by atoms with Crippen LogP contribution in [0.25, 0.3) is 0 Å². The first kappa shape index (κ1) is 5.78. The van der Waals surface area contributed by atoms with Crippen molar-refractivity contribution in [3.05, 3.63) is 36.4 Å². The van der Waals surface area contributed by atoms with Gasteiger partial charge in [-0.2, -0.15) is 0 Å². The molecule has 1 aromatic rings. The van der Waals surface area contributed by atoms with Gasteiger partial charge in [0.15, 0.2) is 0 Å². The maximum absolute atomic E-state index is 5.44. The SMILES string of the molecule is c1ccc(O[C]2CC2)cc1. The molecule has 51 valence electrons. The highest BCUT2D eigenvalue weighted by molar-refractivity contribution is 5.23. The van der Waals surface area contributed by atoms with Crippen molar-refractivity contribution in [2.45, 2.75) is 12.8 Å². The van der Waals surface area contributed by atoms with Gasteiger partial charge in [0.1, 0.15) is 11.9 Å². The molecule has 1 radical (unpaired) electrons. The minimum atomic E-state index is 0.968. The van der Waals surface area contributed by atoms with E-state index in [4.69, 9.17) is 4.74 Å². The van der Waals surface area contributed by atoms with Gasteiger partial charge in [0.05, 0.1) is 0 Å². The summed E-state index contributed by atoms with van der Waals surface area (Å²) in [5.74, 6) is 0.968. The first-order valence-electron chi connectivity index (χ1n) is 3.53. The van der Waals surface area contributed by atoms with Gasteiger partial charge in [-0.05, 0) is 25.0 Å². The zero-order chi connectivity index (χ0) is 6.81. The topological polar surface area (TPSA) is 9.23 Å². The van der Waals surface area contributed by atoms with Crippen LogP contribution in [0, 0.1) is 6.10 Å². The zero-order valence-corrected chi connectivity index (χ0v) is 5.71. The van der Waals surface area contributed by atoms with Crippen molar-refractivity contribution in [2.24, 2.45) is 0 Å². The molecule has 1 fully saturated rings. The molecule has 1 saturated carbocycles. The minimum absolute atomic E-state index is 0.968. The van der Waals surface area contributed by atoms with Crippen molar-refractivity contribution >= 4 is 0 Å². The van der Waals surface area contributed by atoms with Gasteiger partial charge in [0.25, 0.3) is 0 Å². The predicted octanol–water partition coefficient (Wildman–Crippen LogP) is 2.39. The van der Waals surface area contributed by atoms with Crippen LogP contribution in [0.3, 0.4) is 0 Å². The first-order valence-corrected chi connectivity index (χ1v) is 3.53. The van der Waals surface area contributed by atoms with E-state index in [1.807, 2.05) is 30.3 Å². The lowest BCUT2D eigenvalue weighted by molar-refractivity contribution is 0.393. The summed E-state index contributed by atoms with van der Waals surface area (Å²) < 4.78 is 5.44. The van der Waals surface area contributed by atoms with E-state index >= 15 is 0 Å². The Morgan fingerprint density at radius 3 is 2.30 bits per heavy atom. The van der Waals surface area contributed by atoms with Gasteiger partial charge in [-0.1, -0.05) is 18.2 Å². The van der Waals surface area contributed by atoms with Crippen molar-refractivity contribution in [1.29, 1.82) is 0 Å². The molecule has 0 N–H and O–H groups in total. The van der Waals surface area contributed by atoms with Crippen LogP contribution in [0.15, 0.2) is 30.3 Å². The van der Waals surface area contributed by atoms with Gasteiger partial charge in [-0.25, -0.2) is 0 Å². The molecule has 0 saturated heterocycles. The molecule has 0 heterocycles. The first-order chi connectivity index (χ1) is 4.95. The Morgan fingerprint density at radius 1 is 1.00 bits per heavy atom. The van der Waals surface area contributed by atoms with E-state index in [2.05, 4.69) is 0 Å². The molecule has 1 aromatic carbocycles. The quantitative estimate of drug-likeness (QED) is 0.601. The molecule has 0 aliphatic heterocycles. The highest BCUT2D eigenvalue weighted by Gasteiger charge is 2.25. The lowest BCUT2D eigenvalue weighted by Crippen LogP contribution is -1.86. The summed E-state index contributed by atoms with van der Waals surface area (Å²) in [4.78, 5) is 0. The summed E-state index contributed by atoms with van der Waals surface area (Å²) in [5, 5.41) is 0. The zero-order valence-electron chi connectivity index (χ0n) is 5.71. The summed E-state index contributed by atoms with van der Waals surface area (Å²) in [6, 6.07) is 9.91. The van der Waals surface area contributed by atoms with Crippen molar-refractivity contribution in [1.82, 2.24) is 0 Å². The minimum Gasteiger partial charge on any atom is -0.483 e. The van der Waals surface area contributed by atoms with Crippen molar-refractivity contribution in [3.8, 4) is 5.75 Å². The molecule has 1 aliphatic rings. The Morgan fingerprint density at radius 2 is 1.70 bits per heavy atom. The largest absolute Gasteiger partial charge is 0.483 e. The third kappa shape index (κ3) is 1.29. The lowest BCUT2D eigenvalue weighted by Gasteiger charge is -2.00. The third-order valence-electron chi connectivity index (χ3n) is 1.46. The molecule has 0 spiro atoms. The summed E-state index contributed by atoms with van der Waals surface area (Å²) in [7, 11) is 0. The Labute approximate surface area is 60.6 Å². The summed E-state index contributed by atoms with van der Waals surface area (Å²) in [6.45, 7) is 0. The standard InChI is InChI=1S/C9H9O/c1-2-4-8(5-3-1)10-9-6-7-9/h1-5H,6-7H2. The monoisotopic (exact) mass is 133 g/mol. The van der Waals surface area contributed by atoms with E-state index in [9.17, 15) is 0 Å². The Balaban J connectivity index is 2.03. The molecule has 0 atom stereocenters. The maximum Gasteiger partial charge on any atom is 0.149 e. The summed E-state index contributed by atoms with van der Waals surface area (Å²) >= 11 is 0. The number of hydrogen-bond acceptors (Lipinski definition) is 1. The van der Waals surface area contributed by atoms with E-state index in [-0.39, 0.29) is 0 Å². The number of benzene rings is 1. The molecule has 1 aliphatic carbocycles. The van der Waals surface area contributed by atoms with Crippen LogP contribution in [0.5, 0.6) is 5.75 Å². The Bertz CT molecular complexity index is 201. The Hall–Kier alpha value is -0.980. The highest BCUT2D eigenvalue weighted by atomic mass is 16.5. The molecule has 0 bridgehead atoms. The van der Waals surface area contributed by atoms with Crippen LogP contribution < -0.4 is 4.74 Å². The van der Waals surface area contributed by atoms with Crippen LogP contribution in [-0.4, -0.2) is 0 Å². The van der Waals surface area contributed by atoms with E-state index < -0.39 is 0 Å². The van der Waals surface area contributed by atoms with Gasteiger partial charge in [0, 0.05) is 0 Å². The van der Waals surface area contributed by atoms with Gasteiger partial charge < -0.3 is 4.74 Å². The van der Waals surface area contributed by atoms with Gasteiger partial charge in [0.2, 0.25) is 0 Å². The number of para-hydroxylation sites is 1. The van der Waals surface area contributed by atoms with Crippen LogP contribution in [0.2, 0.25) is 0 Å². The van der Waals surface area contributed by atoms with E-state index in [1.54, 1.807) is 0 Å². The second-order valence-electron chi connectivity index (χ2n) is 2.45. The number of hydrogen-bond donors (Lipinski definition) is 0. The van der Waals surface area contributed by atoms with Crippen LogP contribution in [-0.2, 0) is 0 Å². The van der Waals surface area contributed by atoms with E-state index in [0.29, 0.717) is 0 Å². The summed E-state index contributed by atoms with van der Waals surface area (Å²) in [6.07, 6.45) is 3.51. The third-order valence-corrected chi connectivity index (χ3v) is 1.46. The van der Waals surface area contributed by atoms with Crippen molar-refractivity contribution in [3.63, 3.8) is 0 Å². The molecular formula is C9H9O.